The third kappa shape index (κ3) is 5.91. The van der Waals surface area contributed by atoms with Gasteiger partial charge in [-0.3, -0.25) is 14.7 Å². The minimum absolute atomic E-state index is 0.151. The molecule has 5 rings (SSSR count). The maximum absolute atomic E-state index is 13.5. The lowest BCUT2D eigenvalue weighted by Crippen LogP contribution is -2.48. The maximum Gasteiger partial charge on any atom is 0.257 e. The zero-order valence-corrected chi connectivity index (χ0v) is 22.1. The molecule has 0 spiro atoms. The van der Waals surface area contributed by atoms with E-state index in [-0.39, 0.29) is 16.6 Å². The molecular formula is C29H27F2N3O4S. The zero-order chi connectivity index (χ0) is 27.6. The predicted molar refractivity (Wildman–Crippen MR) is 143 cm³/mol. The van der Waals surface area contributed by atoms with Gasteiger partial charge in [-0.25, -0.2) is 17.2 Å². The molecule has 1 amide bonds. The van der Waals surface area contributed by atoms with Crippen LogP contribution >= 0.6 is 0 Å². The van der Waals surface area contributed by atoms with Crippen LogP contribution in [0.4, 0.5) is 8.78 Å². The molecule has 2 heterocycles. The van der Waals surface area contributed by atoms with Gasteiger partial charge in [0.1, 0.15) is 17.4 Å². The molecule has 0 N–H and O–H groups in total. The number of aromatic nitrogens is 1. The van der Waals surface area contributed by atoms with E-state index in [0.717, 1.165) is 11.5 Å². The van der Waals surface area contributed by atoms with Crippen LogP contribution in [0.1, 0.15) is 21.5 Å². The summed E-state index contributed by atoms with van der Waals surface area (Å²) in [6.45, 7) is 2.34. The molecule has 4 aromatic rings. The smallest absolute Gasteiger partial charge is 0.257 e. The number of fused-ring (bicyclic) bond motifs is 1. The molecule has 3 aromatic carbocycles. The van der Waals surface area contributed by atoms with Crippen LogP contribution in [0.15, 0.2) is 77.8 Å². The second-order valence-corrected chi connectivity index (χ2v) is 11.4. The zero-order valence-electron chi connectivity index (χ0n) is 21.3. The van der Waals surface area contributed by atoms with E-state index in [1.54, 1.807) is 47.5 Å². The summed E-state index contributed by atoms with van der Waals surface area (Å²) in [6, 6.07) is 16.9. The van der Waals surface area contributed by atoms with Crippen LogP contribution in [0.25, 0.3) is 10.9 Å². The Morgan fingerprint density at radius 2 is 1.64 bits per heavy atom. The van der Waals surface area contributed by atoms with Crippen LogP contribution in [-0.4, -0.2) is 62.4 Å². The molecule has 39 heavy (non-hydrogen) atoms. The van der Waals surface area contributed by atoms with Crippen molar-refractivity contribution < 1.29 is 26.7 Å². The Hall–Kier alpha value is -3.89. The lowest BCUT2D eigenvalue weighted by Gasteiger charge is -2.35. The van der Waals surface area contributed by atoms with Crippen molar-refractivity contribution in [2.75, 3.05) is 33.3 Å². The van der Waals surface area contributed by atoms with Gasteiger partial charge >= 0.3 is 0 Å². The van der Waals surface area contributed by atoms with Crippen molar-refractivity contribution in [1.29, 1.82) is 0 Å². The van der Waals surface area contributed by atoms with Gasteiger partial charge in [-0.2, -0.15) is 0 Å². The van der Waals surface area contributed by atoms with E-state index in [1.807, 2.05) is 17.0 Å². The molecule has 0 saturated carbocycles. The first-order valence-electron chi connectivity index (χ1n) is 12.4. The fraction of sp³-hybridized carbons (Fsp3) is 0.241. The Morgan fingerprint density at radius 3 is 2.36 bits per heavy atom. The SMILES string of the molecule is COc1cc(CS(=O)(=O)c2cccc3cccnc23)ccc1C(=O)N1CCN(Cc2cc(F)cc(F)c2)CC1. The van der Waals surface area contributed by atoms with E-state index in [2.05, 4.69) is 4.98 Å². The van der Waals surface area contributed by atoms with Gasteiger partial charge in [0, 0.05) is 50.4 Å². The molecule has 0 atom stereocenters. The standard InChI is InChI=1S/C29H27F2N3O4S/c1-38-26-16-20(19-39(36,37)27-6-2-4-22-5-3-9-32-28(22)27)7-8-25(26)29(35)34-12-10-33(11-13-34)18-21-14-23(30)17-24(31)15-21/h2-9,14-17H,10-13,18-19H2,1H3. The average molecular weight is 552 g/mol. The quantitative estimate of drug-likeness (QED) is 0.338. The van der Waals surface area contributed by atoms with E-state index >= 15 is 0 Å². The van der Waals surface area contributed by atoms with Crippen LogP contribution in [0, 0.1) is 11.6 Å². The van der Waals surface area contributed by atoms with Gasteiger partial charge in [-0.05, 0) is 47.5 Å². The number of hydrogen-bond donors (Lipinski definition) is 0. The molecule has 0 aliphatic carbocycles. The lowest BCUT2D eigenvalue weighted by atomic mass is 10.1. The highest BCUT2D eigenvalue weighted by atomic mass is 32.2. The number of sulfone groups is 1. The molecule has 0 bridgehead atoms. The van der Waals surface area contributed by atoms with Gasteiger partial charge in [0.05, 0.1) is 28.8 Å². The Kier molecular flexibility index (Phi) is 7.58. The van der Waals surface area contributed by atoms with E-state index in [4.69, 9.17) is 4.74 Å². The Bertz CT molecular complexity index is 1610. The Balaban J connectivity index is 1.28. The van der Waals surface area contributed by atoms with Crippen LogP contribution in [0.5, 0.6) is 5.75 Å². The van der Waals surface area contributed by atoms with Gasteiger partial charge in [0.2, 0.25) is 0 Å². The van der Waals surface area contributed by atoms with Gasteiger partial charge < -0.3 is 9.64 Å². The molecule has 10 heteroatoms. The number of carbonyl (C=O) groups excluding carboxylic acids is 1. The largest absolute Gasteiger partial charge is 0.496 e. The molecule has 1 saturated heterocycles. The van der Waals surface area contributed by atoms with Crippen molar-refractivity contribution in [3.05, 3.63) is 101 Å². The lowest BCUT2D eigenvalue weighted by molar-refractivity contribution is 0.0625. The Morgan fingerprint density at radius 1 is 0.923 bits per heavy atom. The first-order valence-corrected chi connectivity index (χ1v) is 14.1. The van der Waals surface area contributed by atoms with Crippen molar-refractivity contribution >= 4 is 26.6 Å². The van der Waals surface area contributed by atoms with Crippen LogP contribution < -0.4 is 4.74 Å². The number of rotatable bonds is 7. The number of ether oxygens (including phenoxy) is 1. The first kappa shape index (κ1) is 26.7. The number of nitrogens with zero attached hydrogens (tertiary/aromatic N) is 3. The van der Waals surface area contributed by atoms with E-state index < -0.39 is 21.5 Å². The molecule has 7 nitrogen and oxygen atoms in total. The average Bonchev–Trinajstić information content (AvgIpc) is 2.92. The molecule has 1 aliphatic heterocycles. The highest BCUT2D eigenvalue weighted by Gasteiger charge is 2.26. The third-order valence-corrected chi connectivity index (χ3v) is 8.48. The molecule has 1 aliphatic rings. The van der Waals surface area contributed by atoms with E-state index in [0.29, 0.717) is 60.7 Å². The van der Waals surface area contributed by atoms with Crippen molar-refractivity contribution in [3.8, 4) is 5.75 Å². The van der Waals surface area contributed by atoms with Crippen LogP contribution in [0.2, 0.25) is 0 Å². The molecule has 1 fully saturated rings. The van der Waals surface area contributed by atoms with Crippen LogP contribution in [-0.2, 0) is 22.1 Å². The minimum atomic E-state index is -3.72. The van der Waals surface area contributed by atoms with E-state index in [9.17, 15) is 22.0 Å². The van der Waals surface area contributed by atoms with Crippen molar-refractivity contribution in [1.82, 2.24) is 14.8 Å². The van der Waals surface area contributed by atoms with Crippen molar-refractivity contribution in [3.63, 3.8) is 0 Å². The number of methoxy groups -OCH3 is 1. The third-order valence-electron chi connectivity index (χ3n) is 6.77. The minimum Gasteiger partial charge on any atom is -0.496 e. The molecule has 202 valence electrons. The fourth-order valence-electron chi connectivity index (χ4n) is 4.87. The number of para-hydroxylation sites is 1. The number of benzene rings is 3. The van der Waals surface area contributed by atoms with Gasteiger partial charge in [0.25, 0.3) is 5.91 Å². The molecule has 1 aromatic heterocycles. The van der Waals surface area contributed by atoms with Crippen molar-refractivity contribution in [2.24, 2.45) is 0 Å². The second-order valence-electron chi connectivity index (χ2n) is 9.47. The summed E-state index contributed by atoms with van der Waals surface area (Å²) in [4.78, 5) is 21.4. The normalized spacial score (nSPS) is 14.5. The first-order chi connectivity index (χ1) is 18.7. The topological polar surface area (TPSA) is 79.8 Å². The summed E-state index contributed by atoms with van der Waals surface area (Å²) < 4.78 is 59.1. The highest BCUT2D eigenvalue weighted by Crippen LogP contribution is 2.28. The summed E-state index contributed by atoms with van der Waals surface area (Å²) in [6.07, 6.45) is 1.56. The van der Waals surface area contributed by atoms with E-state index in [1.165, 1.54) is 19.2 Å². The predicted octanol–water partition coefficient (Wildman–Crippen LogP) is 4.45. The number of carbonyl (C=O) groups is 1. The summed E-state index contributed by atoms with van der Waals surface area (Å²) in [7, 11) is -2.28. The second kappa shape index (κ2) is 11.1. The number of amides is 1. The number of halogens is 2. The number of piperazine rings is 1. The molecular weight excluding hydrogens is 524 g/mol. The van der Waals surface area contributed by atoms with Gasteiger partial charge in [-0.1, -0.05) is 24.3 Å². The van der Waals surface area contributed by atoms with Crippen LogP contribution in [0.3, 0.4) is 0 Å². The monoisotopic (exact) mass is 551 g/mol. The summed E-state index contributed by atoms with van der Waals surface area (Å²) >= 11 is 0. The number of hydrogen-bond acceptors (Lipinski definition) is 6. The van der Waals surface area contributed by atoms with Gasteiger partial charge in [0.15, 0.2) is 9.84 Å². The fourth-order valence-corrected chi connectivity index (χ4v) is 6.39. The maximum atomic E-state index is 13.5. The highest BCUT2D eigenvalue weighted by molar-refractivity contribution is 7.90. The summed E-state index contributed by atoms with van der Waals surface area (Å²) in [5, 5.41) is 0.736. The summed E-state index contributed by atoms with van der Waals surface area (Å²) in [5.74, 6) is -1.43. The Labute approximate surface area is 225 Å². The van der Waals surface area contributed by atoms with Gasteiger partial charge in [-0.15, -0.1) is 0 Å². The number of pyridine rings is 1. The van der Waals surface area contributed by atoms with Crippen molar-refractivity contribution in [2.45, 2.75) is 17.2 Å². The summed E-state index contributed by atoms with van der Waals surface area (Å²) in [5.41, 5.74) is 1.79. The molecule has 0 unspecified atom stereocenters. The molecule has 0 radical (unpaired) electrons.